The first kappa shape index (κ1) is 21.3. The number of carbonyl (C=O) groups is 1. The lowest BCUT2D eigenvalue weighted by atomic mass is 10.00. The number of carbonyl (C=O) groups excluding carboxylic acids is 1. The highest BCUT2D eigenvalue weighted by molar-refractivity contribution is 9.10. The van der Waals surface area contributed by atoms with E-state index in [1.165, 1.54) is 16.0 Å². The second kappa shape index (κ2) is 8.77. The van der Waals surface area contributed by atoms with Crippen molar-refractivity contribution in [2.24, 2.45) is 0 Å². The molecule has 2 aliphatic heterocycles. The van der Waals surface area contributed by atoms with Crippen LogP contribution in [0.4, 0.5) is 5.00 Å². The molecule has 166 valence electrons. The van der Waals surface area contributed by atoms with E-state index >= 15 is 0 Å². The summed E-state index contributed by atoms with van der Waals surface area (Å²) >= 11 is 5.06. The minimum absolute atomic E-state index is 0.0556. The number of phenols is 1. The highest BCUT2D eigenvalue weighted by Crippen LogP contribution is 2.43. The number of nitrogens with one attached hydrogen (secondary N) is 2. The zero-order chi connectivity index (χ0) is 22.2. The minimum Gasteiger partial charge on any atom is -0.503 e. The number of halogens is 1. The maximum atomic E-state index is 13.1. The molecule has 5 rings (SSSR count). The van der Waals surface area contributed by atoms with Crippen molar-refractivity contribution in [3.8, 4) is 11.5 Å². The van der Waals surface area contributed by atoms with Gasteiger partial charge in [-0.1, -0.05) is 30.3 Å². The van der Waals surface area contributed by atoms with Crippen molar-refractivity contribution in [3.05, 3.63) is 74.1 Å². The summed E-state index contributed by atoms with van der Waals surface area (Å²) in [7, 11) is 0. The Morgan fingerprint density at radius 1 is 1.25 bits per heavy atom. The Bertz CT molecular complexity index is 1170. The Morgan fingerprint density at radius 3 is 2.84 bits per heavy atom. The molecule has 8 heteroatoms. The topological polar surface area (TPSA) is 73.8 Å². The normalized spacial score (nSPS) is 17.8. The molecule has 0 radical (unpaired) electrons. The van der Waals surface area contributed by atoms with Gasteiger partial charge < -0.3 is 20.5 Å². The molecule has 0 fully saturated rings. The van der Waals surface area contributed by atoms with Crippen molar-refractivity contribution in [2.75, 3.05) is 18.5 Å². The van der Waals surface area contributed by atoms with E-state index in [9.17, 15) is 9.90 Å². The van der Waals surface area contributed by atoms with Gasteiger partial charge in [-0.05, 0) is 58.1 Å². The third kappa shape index (κ3) is 3.98. The number of anilines is 1. The summed E-state index contributed by atoms with van der Waals surface area (Å²) in [4.78, 5) is 16.8. The van der Waals surface area contributed by atoms with E-state index in [1.54, 1.807) is 23.5 Å². The van der Waals surface area contributed by atoms with Gasteiger partial charge >= 0.3 is 0 Å². The zero-order valence-electron chi connectivity index (χ0n) is 17.7. The Labute approximate surface area is 199 Å². The molecule has 6 nitrogen and oxygen atoms in total. The van der Waals surface area contributed by atoms with Crippen LogP contribution in [0.15, 0.2) is 46.9 Å². The number of benzene rings is 2. The monoisotopic (exact) mass is 513 g/mol. The van der Waals surface area contributed by atoms with Crippen molar-refractivity contribution in [1.82, 2.24) is 10.2 Å². The number of amides is 1. The van der Waals surface area contributed by atoms with Gasteiger partial charge in [0.2, 0.25) is 0 Å². The van der Waals surface area contributed by atoms with Gasteiger partial charge in [-0.3, -0.25) is 9.69 Å². The molecule has 3 aromatic rings. The van der Waals surface area contributed by atoms with Crippen LogP contribution in [0, 0.1) is 0 Å². The van der Waals surface area contributed by atoms with Gasteiger partial charge in [0.1, 0.15) is 11.2 Å². The molecular formula is C24H24BrN3O3S. The fourth-order valence-corrected chi connectivity index (χ4v) is 6.11. The van der Waals surface area contributed by atoms with E-state index < -0.39 is 6.17 Å². The molecule has 0 aliphatic carbocycles. The fourth-order valence-electron chi connectivity index (χ4n) is 4.34. The van der Waals surface area contributed by atoms with Crippen molar-refractivity contribution < 1.29 is 14.6 Å². The highest BCUT2D eigenvalue weighted by Gasteiger charge is 2.33. The molecule has 0 saturated heterocycles. The number of fused-ring (bicyclic) bond motifs is 3. The van der Waals surface area contributed by atoms with Crippen LogP contribution in [0.3, 0.4) is 0 Å². The van der Waals surface area contributed by atoms with Crippen molar-refractivity contribution in [1.29, 1.82) is 0 Å². The quantitative estimate of drug-likeness (QED) is 0.446. The Kier molecular flexibility index (Phi) is 5.84. The third-order valence-corrected chi connectivity index (χ3v) is 7.60. The number of hydrogen-bond acceptors (Lipinski definition) is 6. The largest absolute Gasteiger partial charge is 0.503 e. The predicted octanol–water partition coefficient (Wildman–Crippen LogP) is 5.03. The molecular weight excluding hydrogens is 490 g/mol. The average molecular weight is 514 g/mol. The van der Waals surface area contributed by atoms with Crippen LogP contribution in [-0.4, -0.2) is 29.1 Å². The van der Waals surface area contributed by atoms with Crippen LogP contribution < -0.4 is 15.4 Å². The summed E-state index contributed by atoms with van der Waals surface area (Å²) in [5.74, 6) is 0.393. The van der Waals surface area contributed by atoms with E-state index in [0.29, 0.717) is 16.8 Å². The Hall–Kier alpha value is -2.55. The van der Waals surface area contributed by atoms with Crippen molar-refractivity contribution >= 4 is 38.2 Å². The molecule has 1 aromatic heterocycles. The summed E-state index contributed by atoms with van der Waals surface area (Å²) < 4.78 is 6.08. The fraction of sp³-hybridized carbons (Fsp3) is 0.292. The van der Waals surface area contributed by atoms with E-state index in [4.69, 9.17) is 4.74 Å². The summed E-state index contributed by atoms with van der Waals surface area (Å²) in [5.41, 5.74) is 4.06. The first-order chi connectivity index (χ1) is 15.5. The molecule has 0 spiro atoms. The molecule has 1 atom stereocenters. The number of phenolic OH excluding ortho intramolecular Hbond substituents is 1. The molecule has 3 N–H and O–H groups in total. The lowest BCUT2D eigenvalue weighted by Crippen LogP contribution is -2.38. The molecule has 1 unspecified atom stereocenters. The van der Waals surface area contributed by atoms with E-state index in [0.717, 1.165) is 42.2 Å². The van der Waals surface area contributed by atoms with Gasteiger partial charge in [0, 0.05) is 24.5 Å². The van der Waals surface area contributed by atoms with Crippen LogP contribution >= 0.6 is 27.3 Å². The number of rotatable bonds is 5. The SMILES string of the molecule is CCOc1cc(C2NC(=O)c3c(sc4c3CCN(Cc3ccccc3)C4)N2)cc(Br)c1O. The van der Waals surface area contributed by atoms with E-state index in [2.05, 4.69) is 55.7 Å². The molecule has 2 aromatic carbocycles. The average Bonchev–Trinajstić information content (AvgIpc) is 3.15. The maximum Gasteiger partial charge on any atom is 0.256 e. The first-order valence-electron chi connectivity index (χ1n) is 10.7. The molecule has 1 amide bonds. The lowest BCUT2D eigenvalue weighted by Gasteiger charge is -2.29. The standard InChI is InChI=1S/C24H24BrN3O3S/c1-2-31-18-11-15(10-17(25)21(18)29)22-26-23(30)20-16-8-9-28(12-14-6-4-3-5-7-14)13-19(16)32-24(20)27-22/h3-7,10-11,22,27,29H,2,8-9,12-13H2,1H3,(H,26,30). The van der Waals surface area contributed by atoms with Gasteiger partial charge in [0.15, 0.2) is 11.5 Å². The lowest BCUT2D eigenvalue weighted by molar-refractivity contribution is 0.0934. The van der Waals surface area contributed by atoms with E-state index in [1.807, 2.05) is 13.0 Å². The molecule has 3 heterocycles. The summed E-state index contributed by atoms with van der Waals surface area (Å²) in [6.45, 7) is 5.00. The summed E-state index contributed by atoms with van der Waals surface area (Å²) in [6, 6.07) is 14.1. The second-order valence-corrected chi connectivity index (χ2v) is 9.95. The van der Waals surface area contributed by atoms with Crippen LogP contribution in [0.25, 0.3) is 0 Å². The van der Waals surface area contributed by atoms with Crippen LogP contribution in [0.5, 0.6) is 11.5 Å². The van der Waals surface area contributed by atoms with Gasteiger partial charge in [-0.2, -0.15) is 0 Å². The predicted molar refractivity (Wildman–Crippen MR) is 129 cm³/mol. The summed E-state index contributed by atoms with van der Waals surface area (Å²) in [5, 5.41) is 17.7. The molecule has 32 heavy (non-hydrogen) atoms. The van der Waals surface area contributed by atoms with Crippen LogP contribution in [-0.2, 0) is 19.5 Å². The molecule has 0 saturated carbocycles. The minimum atomic E-state index is -0.397. The highest BCUT2D eigenvalue weighted by atomic mass is 79.9. The number of hydrogen-bond donors (Lipinski definition) is 3. The van der Waals surface area contributed by atoms with Crippen LogP contribution in [0.1, 0.15) is 45.0 Å². The number of thiophene rings is 1. The number of aromatic hydroxyl groups is 1. The zero-order valence-corrected chi connectivity index (χ0v) is 20.1. The van der Waals surface area contributed by atoms with Crippen molar-refractivity contribution in [3.63, 3.8) is 0 Å². The number of nitrogens with zero attached hydrogens (tertiary/aromatic N) is 1. The second-order valence-electron chi connectivity index (χ2n) is 7.99. The Morgan fingerprint density at radius 2 is 2.06 bits per heavy atom. The molecule has 0 bridgehead atoms. The summed E-state index contributed by atoms with van der Waals surface area (Å²) in [6.07, 6.45) is 0.471. The smallest absolute Gasteiger partial charge is 0.256 e. The number of ether oxygens (including phenoxy) is 1. The van der Waals surface area contributed by atoms with Crippen LogP contribution in [0.2, 0.25) is 0 Å². The van der Waals surface area contributed by atoms with Gasteiger partial charge in [0.05, 0.1) is 16.6 Å². The van der Waals surface area contributed by atoms with Crippen molar-refractivity contribution in [2.45, 2.75) is 32.6 Å². The third-order valence-electron chi connectivity index (χ3n) is 5.85. The first-order valence-corrected chi connectivity index (χ1v) is 12.3. The maximum absolute atomic E-state index is 13.1. The Balaban J connectivity index is 1.39. The van der Waals surface area contributed by atoms with E-state index in [-0.39, 0.29) is 11.7 Å². The van der Waals surface area contributed by atoms with Gasteiger partial charge in [-0.15, -0.1) is 11.3 Å². The molecule has 2 aliphatic rings. The van der Waals surface area contributed by atoms with Gasteiger partial charge in [-0.25, -0.2) is 0 Å². The van der Waals surface area contributed by atoms with Gasteiger partial charge in [0.25, 0.3) is 5.91 Å².